The summed E-state index contributed by atoms with van der Waals surface area (Å²) in [4.78, 5) is 23.9. The van der Waals surface area contributed by atoms with E-state index in [4.69, 9.17) is 0 Å². The summed E-state index contributed by atoms with van der Waals surface area (Å²) in [5.74, 6) is -0.498. The van der Waals surface area contributed by atoms with Gasteiger partial charge in [-0.15, -0.1) is 0 Å². The molecule has 3 N–H and O–H groups in total. The zero-order valence-corrected chi connectivity index (χ0v) is 15.4. The SMILES string of the molecule is CCNS(=O)(=O)c1ccc(C(=O)Nc2cccc(NC(=O)CC)c2)cc1. The molecule has 2 aromatic carbocycles. The van der Waals surface area contributed by atoms with Crippen molar-refractivity contribution in [3.05, 3.63) is 54.1 Å². The van der Waals surface area contributed by atoms with Gasteiger partial charge in [0, 0.05) is 29.9 Å². The lowest BCUT2D eigenvalue weighted by atomic mass is 10.2. The fourth-order valence-electron chi connectivity index (χ4n) is 2.19. The molecule has 0 saturated carbocycles. The maximum atomic E-state index is 12.3. The number of benzene rings is 2. The molecule has 0 aliphatic heterocycles. The Hall–Kier alpha value is -2.71. The average molecular weight is 375 g/mol. The average Bonchev–Trinajstić information content (AvgIpc) is 2.62. The van der Waals surface area contributed by atoms with Crippen molar-refractivity contribution >= 4 is 33.2 Å². The van der Waals surface area contributed by atoms with Gasteiger partial charge in [0.25, 0.3) is 5.91 Å². The molecule has 0 heterocycles. The van der Waals surface area contributed by atoms with Gasteiger partial charge >= 0.3 is 0 Å². The fraction of sp³-hybridized carbons (Fsp3) is 0.222. The zero-order chi connectivity index (χ0) is 19.2. The van der Waals surface area contributed by atoms with Gasteiger partial charge < -0.3 is 10.6 Å². The number of hydrogen-bond acceptors (Lipinski definition) is 4. The Bertz CT molecular complexity index is 893. The van der Waals surface area contributed by atoms with E-state index in [2.05, 4.69) is 15.4 Å². The number of rotatable bonds is 7. The molecule has 2 amide bonds. The Labute approximate surface area is 152 Å². The summed E-state index contributed by atoms with van der Waals surface area (Å²) < 4.78 is 26.2. The molecule has 0 atom stereocenters. The van der Waals surface area contributed by atoms with Gasteiger partial charge in [-0.2, -0.15) is 0 Å². The van der Waals surface area contributed by atoms with Crippen molar-refractivity contribution < 1.29 is 18.0 Å². The van der Waals surface area contributed by atoms with Crippen molar-refractivity contribution in [3.8, 4) is 0 Å². The van der Waals surface area contributed by atoms with Crippen molar-refractivity contribution in [2.24, 2.45) is 0 Å². The summed E-state index contributed by atoms with van der Waals surface area (Å²) in [5.41, 5.74) is 1.43. The minimum Gasteiger partial charge on any atom is -0.326 e. The van der Waals surface area contributed by atoms with Crippen molar-refractivity contribution in [3.63, 3.8) is 0 Å². The molecular weight excluding hydrogens is 354 g/mol. The van der Waals surface area contributed by atoms with Gasteiger partial charge in [0.15, 0.2) is 0 Å². The molecule has 7 nitrogen and oxygen atoms in total. The number of carbonyl (C=O) groups excluding carboxylic acids is 2. The van der Waals surface area contributed by atoms with Crippen LogP contribution in [0.25, 0.3) is 0 Å². The van der Waals surface area contributed by atoms with Gasteiger partial charge in [-0.3, -0.25) is 9.59 Å². The van der Waals surface area contributed by atoms with Crippen molar-refractivity contribution in [2.75, 3.05) is 17.2 Å². The summed E-state index contributed by atoms with van der Waals surface area (Å²) in [7, 11) is -3.55. The third-order valence-electron chi connectivity index (χ3n) is 3.49. The molecule has 0 fully saturated rings. The second-order valence-electron chi connectivity index (χ2n) is 5.46. The Morgan fingerprint density at radius 3 is 2.12 bits per heavy atom. The third-order valence-corrected chi connectivity index (χ3v) is 5.05. The first kappa shape index (κ1) is 19.6. The second kappa shape index (κ2) is 8.59. The molecule has 2 aromatic rings. The van der Waals surface area contributed by atoms with E-state index in [1.807, 2.05) is 0 Å². The predicted octanol–water partition coefficient (Wildman–Crippen LogP) is 2.59. The van der Waals surface area contributed by atoms with Gasteiger partial charge in [0.2, 0.25) is 15.9 Å². The van der Waals surface area contributed by atoms with E-state index in [9.17, 15) is 18.0 Å². The highest BCUT2D eigenvalue weighted by molar-refractivity contribution is 7.89. The lowest BCUT2D eigenvalue weighted by Crippen LogP contribution is -2.23. The predicted molar refractivity (Wildman–Crippen MR) is 101 cm³/mol. The van der Waals surface area contributed by atoms with Crippen LogP contribution in [-0.2, 0) is 14.8 Å². The summed E-state index contributed by atoms with van der Waals surface area (Å²) in [5, 5.41) is 5.44. The second-order valence-corrected chi connectivity index (χ2v) is 7.23. The molecule has 0 aromatic heterocycles. The molecular formula is C18H21N3O4S. The number of hydrogen-bond donors (Lipinski definition) is 3. The van der Waals surface area contributed by atoms with Crippen LogP contribution in [0.3, 0.4) is 0 Å². The molecule has 2 rings (SSSR count). The van der Waals surface area contributed by atoms with Crippen LogP contribution in [0, 0.1) is 0 Å². The van der Waals surface area contributed by atoms with Gasteiger partial charge in [-0.25, -0.2) is 13.1 Å². The first-order chi connectivity index (χ1) is 12.4. The van der Waals surface area contributed by atoms with Crippen molar-refractivity contribution in [2.45, 2.75) is 25.2 Å². The van der Waals surface area contributed by atoms with E-state index >= 15 is 0 Å². The standard InChI is InChI=1S/C18H21N3O4S/c1-3-17(22)20-14-6-5-7-15(12-14)21-18(23)13-8-10-16(11-9-13)26(24,25)19-4-2/h5-12,19H,3-4H2,1-2H3,(H,20,22)(H,21,23). The van der Waals surface area contributed by atoms with Gasteiger partial charge in [-0.05, 0) is 42.5 Å². The number of amides is 2. The molecule has 0 bridgehead atoms. The van der Waals surface area contributed by atoms with Crippen LogP contribution in [0.5, 0.6) is 0 Å². The number of nitrogens with one attached hydrogen (secondary N) is 3. The van der Waals surface area contributed by atoms with Crippen LogP contribution < -0.4 is 15.4 Å². The van der Waals surface area contributed by atoms with Crippen LogP contribution in [0.4, 0.5) is 11.4 Å². The van der Waals surface area contributed by atoms with E-state index in [0.29, 0.717) is 23.4 Å². The Kier molecular flexibility index (Phi) is 6.48. The smallest absolute Gasteiger partial charge is 0.255 e. The molecule has 0 saturated heterocycles. The molecule has 26 heavy (non-hydrogen) atoms. The minimum atomic E-state index is -3.55. The van der Waals surface area contributed by atoms with Gasteiger partial charge in [0.05, 0.1) is 4.90 Å². The highest BCUT2D eigenvalue weighted by Crippen LogP contribution is 2.17. The molecule has 138 valence electrons. The molecule has 0 unspecified atom stereocenters. The number of carbonyl (C=O) groups is 2. The van der Waals surface area contributed by atoms with Crippen LogP contribution in [0.1, 0.15) is 30.6 Å². The maximum absolute atomic E-state index is 12.3. The van der Waals surface area contributed by atoms with Crippen LogP contribution in [0.15, 0.2) is 53.4 Å². The van der Waals surface area contributed by atoms with E-state index in [1.165, 1.54) is 24.3 Å². The molecule has 8 heteroatoms. The minimum absolute atomic E-state index is 0.0974. The van der Waals surface area contributed by atoms with E-state index in [-0.39, 0.29) is 23.3 Å². The molecule has 0 radical (unpaired) electrons. The Morgan fingerprint density at radius 1 is 0.923 bits per heavy atom. The van der Waals surface area contributed by atoms with Gasteiger partial charge in [0.1, 0.15) is 0 Å². The highest BCUT2D eigenvalue weighted by atomic mass is 32.2. The van der Waals surface area contributed by atoms with E-state index in [1.54, 1.807) is 38.1 Å². The topological polar surface area (TPSA) is 104 Å². The van der Waals surface area contributed by atoms with Crippen molar-refractivity contribution in [1.29, 1.82) is 0 Å². The summed E-state index contributed by atoms with van der Waals surface area (Å²) in [6, 6.07) is 12.4. The zero-order valence-electron chi connectivity index (χ0n) is 14.6. The first-order valence-corrected chi connectivity index (χ1v) is 9.65. The fourth-order valence-corrected chi connectivity index (χ4v) is 3.23. The maximum Gasteiger partial charge on any atom is 0.255 e. The summed E-state index contributed by atoms with van der Waals surface area (Å²) in [6.45, 7) is 3.73. The van der Waals surface area contributed by atoms with Crippen LogP contribution in [0.2, 0.25) is 0 Å². The normalized spacial score (nSPS) is 11.0. The quantitative estimate of drug-likeness (QED) is 0.692. The van der Waals surface area contributed by atoms with Crippen LogP contribution in [-0.4, -0.2) is 26.8 Å². The van der Waals surface area contributed by atoms with Crippen molar-refractivity contribution in [1.82, 2.24) is 4.72 Å². The van der Waals surface area contributed by atoms with E-state index < -0.39 is 10.0 Å². The van der Waals surface area contributed by atoms with Crippen LogP contribution >= 0.6 is 0 Å². The van der Waals surface area contributed by atoms with Gasteiger partial charge in [-0.1, -0.05) is 19.9 Å². The Morgan fingerprint density at radius 2 is 1.54 bits per heavy atom. The summed E-state index contributed by atoms with van der Waals surface area (Å²) in [6.07, 6.45) is 0.360. The lowest BCUT2D eigenvalue weighted by Gasteiger charge is -2.09. The van der Waals surface area contributed by atoms with E-state index in [0.717, 1.165) is 0 Å². The third kappa shape index (κ3) is 5.14. The lowest BCUT2D eigenvalue weighted by molar-refractivity contribution is -0.115. The number of anilines is 2. The molecule has 0 aliphatic carbocycles. The first-order valence-electron chi connectivity index (χ1n) is 8.16. The monoisotopic (exact) mass is 375 g/mol. The summed E-state index contributed by atoms with van der Waals surface area (Å²) >= 11 is 0. The largest absolute Gasteiger partial charge is 0.326 e. The molecule has 0 spiro atoms. The molecule has 0 aliphatic rings. The number of sulfonamides is 1. The Balaban J connectivity index is 2.10. The highest BCUT2D eigenvalue weighted by Gasteiger charge is 2.14.